The van der Waals surface area contributed by atoms with Gasteiger partial charge in [0.15, 0.2) is 0 Å². The third-order valence-electron chi connectivity index (χ3n) is 6.98. The summed E-state index contributed by atoms with van der Waals surface area (Å²) in [5.41, 5.74) is 11.5. The van der Waals surface area contributed by atoms with Gasteiger partial charge in [-0.1, -0.05) is 18.2 Å². The monoisotopic (exact) mass is 552 g/mol. The summed E-state index contributed by atoms with van der Waals surface area (Å²) >= 11 is 0. The maximum Gasteiger partial charge on any atom is 0.255 e. The standard InChI is InChI=1S/C30H29FN8O2/c1-19-6-7-22(35-29(40)21-12-20(17-31)13-23(14-21)38-8-10-41-11-9-38)15-25(19)37-30-36-24-4-2-3-5-26(24)39(30)28-16-27(32)33-18-34-28/h2-7,12-16,18H,8-11,17H2,1H3,(H,35,40)(H,36,37)(H2,32,33,34). The lowest BCUT2D eigenvalue weighted by molar-refractivity contribution is 0.102. The summed E-state index contributed by atoms with van der Waals surface area (Å²) in [5, 5.41) is 6.37. The van der Waals surface area contributed by atoms with Gasteiger partial charge in [-0.3, -0.25) is 9.36 Å². The lowest BCUT2D eigenvalue weighted by Gasteiger charge is -2.29. The third-order valence-corrected chi connectivity index (χ3v) is 6.98. The van der Waals surface area contributed by atoms with E-state index in [0.29, 0.717) is 60.7 Å². The number of aromatic nitrogens is 4. The van der Waals surface area contributed by atoms with Gasteiger partial charge in [-0.05, 0) is 60.5 Å². The highest BCUT2D eigenvalue weighted by atomic mass is 19.1. The Kier molecular flexibility index (Phi) is 7.17. The molecule has 0 radical (unpaired) electrons. The van der Waals surface area contributed by atoms with E-state index < -0.39 is 6.67 Å². The van der Waals surface area contributed by atoms with Crippen molar-refractivity contribution in [3.63, 3.8) is 0 Å². The van der Waals surface area contributed by atoms with Crippen molar-refractivity contribution in [2.24, 2.45) is 0 Å². The molecule has 11 heteroatoms. The highest BCUT2D eigenvalue weighted by molar-refractivity contribution is 6.05. The largest absolute Gasteiger partial charge is 0.384 e. The van der Waals surface area contributed by atoms with Crippen molar-refractivity contribution in [2.75, 3.05) is 47.6 Å². The topological polar surface area (TPSA) is 123 Å². The van der Waals surface area contributed by atoms with Crippen LogP contribution >= 0.6 is 0 Å². The highest BCUT2D eigenvalue weighted by Crippen LogP contribution is 2.30. The lowest BCUT2D eigenvalue weighted by Crippen LogP contribution is -2.36. The first-order chi connectivity index (χ1) is 20.0. The maximum absolute atomic E-state index is 13.7. The van der Waals surface area contributed by atoms with Gasteiger partial charge in [-0.2, -0.15) is 0 Å². The molecular weight excluding hydrogens is 523 g/mol. The van der Waals surface area contributed by atoms with Crippen LogP contribution in [0.1, 0.15) is 21.5 Å². The van der Waals surface area contributed by atoms with E-state index in [4.69, 9.17) is 15.5 Å². The summed E-state index contributed by atoms with van der Waals surface area (Å²) in [6.07, 6.45) is 1.41. The molecule has 1 aliphatic heterocycles. The summed E-state index contributed by atoms with van der Waals surface area (Å²) in [6, 6.07) is 20.1. The molecule has 5 aromatic rings. The quantitative estimate of drug-likeness (QED) is 0.258. The Morgan fingerprint density at radius 1 is 1.05 bits per heavy atom. The number of carbonyl (C=O) groups excluding carboxylic acids is 1. The first kappa shape index (κ1) is 26.2. The lowest BCUT2D eigenvalue weighted by atomic mass is 10.1. The molecule has 3 heterocycles. The van der Waals surface area contributed by atoms with Gasteiger partial charge in [0.05, 0.1) is 24.2 Å². The van der Waals surface area contributed by atoms with E-state index in [0.717, 1.165) is 28.0 Å². The Morgan fingerprint density at radius 3 is 2.68 bits per heavy atom. The van der Waals surface area contributed by atoms with Crippen LogP contribution in [0.25, 0.3) is 16.9 Å². The van der Waals surface area contributed by atoms with Crippen LogP contribution in [0.3, 0.4) is 0 Å². The Morgan fingerprint density at radius 2 is 1.88 bits per heavy atom. The second-order valence-electron chi connectivity index (χ2n) is 9.79. The number of aryl methyl sites for hydroxylation is 1. The Bertz CT molecular complexity index is 1730. The molecule has 1 amide bonds. The van der Waals surface area contributed by atoms with E-state index in [1.165, 1.54) is 6.33 Å². The number of nitrogens with two attached hydrogens (primary N) is 1. The molecule has 0 atom stereocenters. The number of nitrogens with one attached hydrogen (secondary N) is 2. The average molecular weight is 553 g/mol. The van der Waals surface area contributed by atoms with E-state index in [9.17, 15) is 9.18 Å². The number of benzene rings is 3. The molecular formula is C30H29FN8O2. The van der Waals surface area contributed by atoms with Crippen LogP contribution in [0, 0.1) is 6.92 Å². The minimum absolute atomic E-state index is 0.326. The number of alkyl halides is 1. The van der Waals surface area contributed by atoms with Gasteiger partial charge in [-0.15, -0.1) is 0 Å². The van der Waals surface area contributed by atoms with Crippen molar-refractivity contribution < 1.29 is 13.9 Å². The first-order valence-electron chi connectivity index (χ1n) is 13.3. The number of carbonyl (C=O) groups is 1. The van der Waals surface area contributed by atoms with Gasteiger partial charge in [0.2, 0.25) is 5.95 Å². The summed E-state index contributed by atoms with van der Waals surface area (Å²) in [5.74, 6) is 1.11. The summed E-state index contributed by atoms with van der Waals surface area (Å²) in [4.78, 5) is 28.6. The summed E-state index contributed by atoms with van der Waals surface area (Å²) < 4.78 is 21.0. The molecule has 4 N–H and O–H groups in total. The zero-order valence-corrected chi connectivity index (χ0v) is 22.5. The van der Waals surface area contributed by atoms with Crippen LogP contribution in [-0.4, -0.2) is 51.7 Å². The fourth-order valence-corrected chi connectivity index (χ4v) is 4.87. The van der Waals surface area contributed by atoms with Crippen LogP contribution in [0.15, 0.2) is 73.1 Å². The first-order valence-corrected chi connectivity index (χ1v) is 13.3. The minimum atomic E-state index is -0.657. The highest BCUT2D eigenvalue weighted by Gasteiger charge is 2.18. The molecule has 1 fully saturated rings. The molecule has 41 heavy (non-hydrogen) atoms. The van der Waals surface area contributed by atoms with E-state index in [-0.39, 0.29) is 5.91 Å². The number of halogens is 1. The zero-order chi connectivity index (χ0) is 28.3. The Balaban J connectivity index is 1.30. The molecule has 3 aromatic carbocycles. The molecule has 0 bridgehead atoms. The number of fused-ring (bicyclic) bond motifs is 1. The molecule has 1 saturated heterocycles. The smallest absolute Gasteiger partial charge is 0.255 e. The number of amides is 1. The molecule has 0 unspecified atom stereocenters. The third kappa shape index (κ3) is 5.52. The molecule has 6 rings (SSSR count). The SMILES string of the molecule is Cc1ccc(NC(=O)c2cc(CF)cc(N3CCOCC3)c2)cc1Nc1nc2ccccc2n1-c1cc(N)ncn1. The fraction of sp³-hybridized carbons (Fsp3) is 0.200. The van der Waals surface area contributed by atoms with Crippen molar-refractivity contribution in [2.45, 2.75) is 13.6 Å². The molecule has 0 saturated carbocycles. The summed E-state index contributed by atoms with van der Waals surface area (Å²) in [6.45, 7) is 3.88. The number of ether oxygens (including phenoxy) is 1. The van der Waals surface area contributed by atoms with E-state index in [1.807, 2.05) is 54.0 Å². The second-order valence-corrected chi connectivity index (χ2v) is 9.79. The van der Waals surface area contributed by atoms with Crippen molar-refractivity contribution in [3.05, 3.63) is 89.7 Å². The maximum atomic E-state index is 13.7. The summed E-state index contributed by atoms with van der Waals surface area (Å²) in [7, 11) is 0. The number of morpholine rings is 1. The molecule has 2 aromatic heterocycles. The Labute approximate surface area is 236 Å². The molecule has 208 valence electrons. The number of nitrogens with zero attached hydrogens (tertiary/aromatic N) is 5. The van der Waals surface area contributed by atoms with Gasteiger partial charge in [0.25, 0.3) is 5.91 Å². The molecule has 10 nitrogen and oxygen atoms in total. The van der Waals surface area contributed by atoms with Gasteiger partial charge in [0, 0.05) is 41.8 Å². The van der Waals surface area contributed by atoms with Crippen LogP contribution < -0.4 is 21.3 Å². The minimum Gasteiger partial charge on any atom is -0.384 e. The number of imidazole rings is 1. The Hall–Kier alpha value is -5.03. The van der Waals surface area contributed by atoms with Gasteiger partial charge in [-0.25, -0.2) is 19.3 Å². The van der Waals surface area contributed by atoms with Gasteiger partial charge >= 0.3 is 0 Å². The number of nitrogen functional groups attached to an aromatic ring is 1. The fourth-order valence-electron chi connectivity index (χ4n) is 4.87. The number of para-hydroxylation sites is 2. The molecule has 0 spiro atoms. The number of rotatable bonds is 7. The van der Waals surface area contributed by atoms with Gasteiger partial charge in [0.1, 0.15) is 24.6 Å². The van der Waals surface area contributed by atoms with Crippen molar-refractivity contribution in [1.29, 1.82) is 0 Å². The van der Waals surface area contributed by atoms with Crippen LogP contribution in [0.2, 0.25) is 0 Å². The number of anilines is 5. The van der Waals surface area contributed by atoms with E-state index in [2.05, 4.69) is 25.5 Å². The van der Waals surface area contributed by atoms with E-state index in [1.54, 1.807) is 24.3 Å². The normalized spacial score (nSPS) is 13.4. The van der Waals surface area contributed by atoms with Crippen LogP contribution in [0.5, 0.6) is 0 Å². The number of hydrogen-bond acceptors (Lipinski definition) is 8. The van der Waals surface area contributed by atoms with E-state index >= 15 is 0 Å². The van der Waals surface area contributed by atoms with Crippen molar-refractivity contribution >= 4 is 45.8 Å². The zero-order valence-electron chi connectivity index (χ0n) is 22.5. The second kappa shape index (κ2) is 11.2. The average Bonchev–Trinajstić information content (AvgIpc) is 3.37. The number of hydrogen-bond donors (Lipinski definition) is 3. The predicted molar refractivity (Wildman–Crippen MR) is 158 cm³/mol. The molecule has 1 aliphatic rings. The van der Waals surface area contributed by atoms with Crippen molar-refractivity contribution in [1.82, 2.24) is 19.5 Å². The van der Waals surface area contributed by atoms with Crippen LogP contribution in [0.4, 0.5) is 33.2 Å². The van der Waals surface area contributed by atoms with Crippen molar-refractivity contribution in [3.8, 4) is 5.82 Å². The van der Waals surface area contributed by atoms with Gasteiger partial charge < -0.3 is 26.0 Å². The van der Waals surface area contributed by atoms with Crippen LogP contribution in [-0.2, 0) is 11.4 Å². The predicted octanol–water partition coefficient (Wildman–Crippen LogP) is 5.01. The molecule has 0 aliphatic carbocycles.